The van der Waals surface area contributed by atoms with E-state index in [4.69, 9.17) is 45.7 Å². The molecule has 7 aromatic rings. The van der Waals surface area contributed by atoms with E-state index in [1.807, 2.05) is 53.3 Å². The van der Waals surface area contributed by atoms with Gasteiger partial charge in [0, 0.05) is 38.2 Å². The van der Waals surface area contributed by atoms with Gasteiger partial charge in [0.25, 0.3) is 0 Å². The molecule has 1 fully saturated rings. The van der Waals surface area contributed by atoms with Crippen LogP contribution in [0.25, 0.3) is 45.1 Å². The summed E-state index contributed by atoms with van der Waals surface area (Å²) in [5.41, 5.74) is 21.8. The fourth-order valence-corrected chi connectivity index (χ4v) is 7.14. The van der Waals surface area contributed by atoms with E-state index in [0.29, 0.717) is 94.1 Å². The number of pyridine rings is 2. The van der Waals surface area contributed by atoms with Crippen LogP contribution in [0.2, 0.25) is 0 Å². The average Bonchev–Trinajstić information content (AvgIpc) is 4.08. The van der Waals surface area contributed by atoms with Crippen LogP contribution in [0.5, 0.6) is 11.6 Å². The van der Waals surface area contributed by atoms with E-state index in [1.165, 1.54) is 12.5 Å². The maximum atomic E-state index is 10.1. The van der Waals surface area contributed by atoms with E-state index >= 15 is 0 Å². The first kappa shape index (κ1) is 45.1. The zero-order valence-electron chi connectivity index (χ0n) is 36.8. The van der Waals surface area contributed by atoms with Crippen molar-refractivity contribution in [1.29, 1.82) is 0 Å². The smallest absolute Gasteiger partial charge is 0.217 e. The van der Waals surface area contributed by atoms with Crippen LogP contribution in [-0.4, -0.2) is 87.0 Å². The van der Waals surface area contributed by atoms with Gasteiger partial charge in [0.05, 0.1) is 18.3 Å². The van der Waals surface area contributed by atoms with E-state index in [2.05, 4.69) is 49.3 Å². The molecule has 18 heteroatoms. The molecule has 6 aromatic heterocycles. The fourth-order valence-electron chi connectivity index (χ4n) is 7.14. The lowest BCUT2D eigenvalue weighted by molar-refractivity contribution is 0.143. The number of nitrogens with two attached hydrogens (primary N) is 3. The highest BCUT2D eigenvalue weighted by Crippen LogP contribution is 2.35. The summed E-state index contributed by atoms with van der Waals surface area (Å²) in [5.74, 6) is 14.0. The van der Waals surface area contributed by atoms with Gasteiger partial charge in [-0.2, -0.15) is 0 Å². The largest absolute Gasteiger partial charge is 0.489 e. The van der Waals surface area contributed by atoms with Crippen LogP contribution in [0.3, 0.4) is 0 Å². The van der Waals surface area contributed by atoms with Crippen LogP contribution in [0, 0.1) is 29.6 Å². The molecule has 8 rings (SSSR count). The Morgan fingerprint density at radius 2 is 1.50 bits per heavy atom. The Morgan fingerprint density at radius 3 is 2.06 bits per heavy atom. The van der Waals surface area contributed by atoms with Crippen molar-refractivity contribution in [3.63, 3.8) is 0 Å². The van der Waals surface area contributed by atoms with Crippen molar-refractivity contribution in [2.75, 3.05) is 37.7 Å². The molecule has 0 saturated carbocycles. The molecule has 2 atom stereocenters. The van der Waals surface area contributed by atoms with Crippen LogP contribution in [-0.2, 0) is 13.1 Å². The van der Waals surface area contributed by atoms with Crippen molar-refractivity contribution in [3.8, 4) is 58.3 Å². The fraction of sp³-hybridized carbons (Fsp3) is 0.391. The number of hydrogen-bond donors (Lipinski definition) is 6. The normalized spacial score (nSPS) is 14.5. The van der Waals surface area contributed by atoms with Gasteiger partial charge in [-0.1, -0.05) is 52.5 Å². The molecule has 64 heavy (non-hydrogen) atoms. The Hall–Kier alpha value is -6.96. The first-order valence-electron chi connectivity index (χ1n) is 21.1. The highest BCUT2D eigenvalue weighted by molar-refractivity contribution is 5.90. The van der Waals surface area contributed by atoms with Gasteiger partial charge in [-0.25, -0.2) is 19.9 Å². The number of piperidine rings is 1. The number of benzene rings is 1. The minimum atomic E-state index is -1.21. The second kappa shape index (κ2) is 19.2. The predicted molar refractivity (Wildman–Crippen MR) is 243 cm³/mol. The summed E-state index contributed by atoms with van der Waals surface area (Å²) in [6, 6.07) is 11.5. The minimum Gasteiger partial charge on any atom is -0.489 e. The highest BCUT2D eigenvalue weighted by atomic mass is 16.5. The molecule has 0 bridgehead atoms. The number of hydrogen-bond acceptors (Lipinski definition) is 16. The van der Waals surface area contributed by atoms with Gasteiger partial charge in [-0.15, -0.1) is 0 Å². The Labute approximate surface area is 370 Å². The number of fused-ring (bicyclic) bond motifs is 2. The molecule has 0 amide bonds. The lowest BCUT2D eigenvalue weighted by Crippen LogP contribution is -2.33. The van der Waals surface area contributed by atoms with Gasteiger partial charge in [0.1, 0.15) is 69.1 Å². The molecule has 1 saturated heterocycles. The topological polar surface area (TPSA) is 262 Å². The van der Waals surface area contributed by atoms with Crippen LogP contribution >= 0.6 is 0 Å². The van der Waals surface area contributed by atoms with E-state index in [9.17, 15) is 10.2 Å². The summed E-state index contributed by atoms with van der Waals surface area (Å²) >= 11 is 0. The maximum absolute atomic E-state index is 10.1. The molecule has 9 N–H and O–H groups in total. The van der Waals surface area contributed by atoms with Crippen molar-refractivity contribution in [2.24, 2.45) is 11.7 Å². The standard InChI is InChI=1S/C24H26N6O3.C22H28N6O3/c1-4-30-18-12-20(33-19(13-25)15-8-6-5-7-9-15)27-17(10-11-24(2,3)31)22(18)28-23(30)21-16(26)14-32-29-21;1-4-28-20-17(30-12-14-6-5-9-24-10-14)11-25-16(7-8-22(2,3)29)19(20)26-21(28)18-15(23)13-31-27-18/h5-9,12,14,19,31H,4,13,25-26H2,1-3H3;11,13-14,24,29H,4-6,9-10,12,23H2,1-3H3/t;14-/m.0/s1. The van der Waals surface area contributed by atoms with Crippen LogP contribution < -0.4 is 32.0 Å². The molecule has 0 aliphatic carbocycles. The third-order valence-corrected chi connectivity index (χ3v) is 10.2. The summed E-state index contributed by atoms with van der Waals surface area (Å²) in [4.78, 5) is 18.6. The first-order chi connectivity index (χ1) is 30.7. The third-order valence-electron chi connectivity index (χ3n) is 10.2. The van der Waals surface area contributed by atoms with Crippen molar-refractivity contribution < 1.29 is 28.7 Å². The Bertz CT molecular complexity index is 2840. The lowest BCUT2D eigenvalue weighted by atomic mass is 10.0. The molecule has 334 valence electrons. The average molecular weight is 871 g/mol. The number of rotatable bonds is 11. The summed E-state index contributed by atoms with van der Waals surface area (Å²) in [6.07, 6.45) is 6.31. The van der Waals surface area contributed by atoms with Crippen molar-refractivity contribution in [2.45, 2.75) is 84.8 Å². The van der Waals surface area contributed by atoms with Crippen molar-refractivity contribution in [1.82, 2.24) is 44.7 Å². The van der Waals surface area contributed by atoms with Crippen LogP contribution in [0.15, 0.2) is 64.2 Å². The van der Waals surface area contributed by atoms with Gasteiger partial charge in [0.15, 0.2) is 28.8 Å². The van der Waals surface area contributed by atoms with Gasteiger partial charge in [-0.05, 0) is 78.3 Å². The third kappa shape index (κ3) is 10.3. The van der Waals surface area contributed by atoms with Crippen molar-refractivity contribution in [3.05, 3.63) is 72.1 Å². The second-order valence-corrected chi connectivity index (χ2v) is 16.3. The number of aryl methyl sites for hydroxylation is 2. The molecular formula is C46H54N12O6. The Morgan fingerprint density at radius 1 is 0.875 bits per heavy atom. The van der Waals surface area contributed by atoms with Crippen LogP contribution in [0.1, 0.15) is 77.4 Å². The molecule has 7 heterocycles. The lowest BCUT2D eigenvalue weighted by Gasteiger charge is -2.23. The maximum Gasteiger partial charge on any atom is 0.217 e. The van der Waals surface area contributed by atoms with Gasteiger partial charge in [-0.3, -0.25) is 0 Å². The molecule has 1 aliphatic rings. The minimum absolute atomic E-state index is 0.266. The SMILES string of the molecule is CCn1c(-c2nocc2N)nc2c(C#CC(C)(C)O)nc(OC(CN)c3ccccc3)cc21.CCn1c(-c2nocc2N)nc2c(C#CC(C)(C)O)ncc(OC[C@H]3CCCNC3)c21. The predicted octanol–water partition coefficient (Wildman–Crippen LogP) is 5.08. The monoisotopic (exact) mass is 870 g/mol. The number of ether oxygens (including phenoxy) is 2. The molecular weight excluding hydrogens is 817 g/mol. The van der Waals surface area contributed by atoms with E-state index in [1.54, 1.807) is 40.0 Å². The molecule has 1 aliphatic heterocycles. The highest BCUT2D eigenvalue weighted by Gasteiger charge is 2.25. The van der Waals surface area contributed by atoms with Gasteiger partial charge >= 0.3 is 0 Å². The van der Waals surface area contributed by atoms with Gasteiger partial charge in [0.2, 0.25) is 5.88 Å². The second-order valence-electron chi connectivity index (χ2n) is 16.3. The van der Waals surface area contributed by atoms with Crippen molar-refractivity contribution >= 4 is 33.4 Å². The molecule has 1 aromatic carbocycles. The quantitative estimate of drug-likeness (QED) is 0.0926. The summed E-state index contributed by atoms with van der Waals surface area (Å²) < 4.78 is 26.4. The zero-order chi connectivity index (χ0) is 45.6. The van der Waals surface area contributed by atoms with E-state index in [-0.39, 0.29) is 6.54 Å². The molecule has 0 spiro atoms. The summed E-state index contributed by atoms with van der Waals surface area (Å²) in [7, 11) is 0. The number of imidazole rings is 2. The molecule has 18 nitrogen and oxygen atoms in total. The van der Waals surface area contributed by atoms with E-state index < -0.39 is 17.3 Å². The number of aromatic nitrogens is 8. The number of nitrogen functional groups attached to an aromatic ring is 2. The molecule has 1 unspecified atom stereocenters. The number of aliphatic hydroxyl groups is 2. The summed E-state index contributed by atoms with van der Waals surface area (Å²) in [6.45, 7) is 14.5. The molecule has 0 radical (unpaired) electrons. The Balaban J connectivity index is 0.000000192. The summed E-state index contributed by atoms with van der Waals surface area (Å²) in [5, 5.41) is 31.6. The Kier molecular flexibility index (Phi) is 13.5. The van der Waals surface area contributed by atoms with E-state index in [0.717, 1.165) is 42.5 Å². The van der Waals surface area contributed by atoms with Crippen LogP contribution in [0.4, 0.5) is 11.4 Å². The zero-order valence-corrected chi connectivity index (χ0v) is 36.8. The number of nitrogens with one attached hydrogen (secondary N) is 1. The van der Waals surface area contributed by atoms with Gasteiger partial charge < -0.3 is 60.4 Å². The number of nitrogens with zero attached hydrogens (tertiary/aromatic N) is 8. The first-order valence-corrected chi connectivity index (χ1v) is 21.1. The number of anilines is 2.